The Hall–Kier alpha value is -1.97. The minimum atomic E-state index is -0.126. The fraction of sp³-hybridized carbons (Fsp3) is 0. The molecule has 0 spiro atoms. The number of nitrogens with one attached hydrogen (secondary N) is 1. The molecule has 1 aromatic carbocycles. The smallest absolute Gasteiger partial charge is 0.158 e. The van der Waals surface area contributed by atoms with E-state index in [1.807, 2.05) is 0 Å². The largest absolute Gasteiger partial charge is 0.504 e. The molecule has 0 fully saturated rings. The molecule has 0 bridgehead atoms. The fourth-order valence-corrected chi connectivity index (χ4v) is 1.11. The van der Waals surface area contributed by atoms with Gasteiger partial charge in [-0.25, -0.2) is 0 Å². The predicted molar refractivity (Wildman–Crippen MR) is 47.4 cm³/mol. The second kappa shape index (κ2) is 2.82. The van der Waals surface area contributed by atoms with Gasteiger partial charge in [0.05, 0.1) is 6.20 Å². The van der Waals surface area contributed by atoms with Crippen LogP contribution < -0.4 is 0 Å². The molecule has 66 valence electrons. The molecule has 2 aromatic rings. The zero-order valence-electron chi connectivity index (χ0n) is 6.73. The molecular weight excluding hydrogens is 168 g/mol. The van der Waals surface area contributed by atoms with E-state index in [1.54, 1.807) is 18.5 Å². The number of hydrogen-bond acceptors (Lipinski definition) is 3. The maximum Gasteiger partial charge on any atom is 0.158 e. The number of benzene rings is 1. The summed E-state index contributed by atoms with van der Waals surface area (Å²) >= 11 is 0. The molecule has 0 saturated heterocycles. The van der Waals surface area contributed by atoms with Crippen molar-refractivity contribution >= 4 is 0 Å². The number of aromatic hydroxyl groups is 2. The number of rotatable bonds is 1. The highest BCUT2D eigenvalue weighted by molar-refractivity contribution is 5.65. The van der Waals surface area contributed by atoms with Crippen LogP contribution in [0.4, 0.5) is 0 Å². The van der Waals surface area contributed by atoms with E-state index >= 15 is 0 Å². The fourth-order valence-electron chi connectivity index (χ4n) is 1.11. The van der Waals surface area contributed by atoms with E-state index in [4.69, 9.17) is 5.11 Å². The average molecular weight is 176 g/mol. The van der Waals surface area contributed by atoms with E-state index in [9.17, 15) is 5.11 Å². The molecule has 4 heteroatoms. The van der Waals surface area contributed by atoms with Crippen LogP contribution in [0.2, 0.25) is 0 Å². The van der Waals surface area contributed by atoms with Crippen molar-refractivity contribution in [2.24, 2.45) is 0 Å². The Kier molecular flexibility index (Phi) is 1.66. The summed E-state index contributed by atoms with van der Waals surface area (Å²) in [5, 5.41) is 24.7. The van der Waals surface area contributed by atoms with Gasteiger partial charge in [-0.15, -0.1) is 0 Å². The van der Waals surface area contributed by atoms with Crippen molar-refractivity contribution in [3.8, 4) is 22.6 Å². The lowest BCUT2D eigenvalue weighted by Gasteiger charge is -1.99. The second-order valence-electron chi connectivity index (χ2n) is 2.69. The topological polar surface area (TPSA) is 69.1 Å². The first-order valence-corrected chi connectivity index (χ1v) is 3.78. The molecule has 1 heterocycles. The Bertz CT molecular complexity index is 410. The summed E-state index contributed by atoms with van der Waals surface area (Å²) < 4.78 is 0. The Balaban J connectivity index is 2.49. The summed E-state index contributed by atoms with van der Waals surface area (Å²) in [6, 6.07) is 4.64. The molecule has 0 atom stereocenters. The van der Waals surface area contributed by atoms with E-state index in [1.165, 1.54) is 12.1 Å². The number of nitrogens with zero attached hydrogens (tertiary/aromatic N) is 1. The first-order valence-electron chi connectivity index (χ1n) is 3.78. The minimum absolute atomic E-state index is 0.118. The average Bonchev–Trinajstić information content (AvgIpc) is 2.62. The summed E-state index contributed by atoms with van der Waals surface area (Å²) in [7, 11) is 0. The third-order valence-corrected chi connectivity index (χ3v) is 1.81. The first-order chi connectivity index (χ1) is 6.27. The van der Waals surface area contributed by atoms with Crippen molar-refractivity contribution in [1.82, 2.24) is 10.2 Å². The van der Waals surface area contributed by atoms with Crippen LogP contribution in [-0.4, -0.2) is 20.4 Å². The molecule has 0 aliphatic carbocycles. The summed E-state index contributed by atoms with van der Waals surface area (Å²) in [6.07, 6.45) is 3.36. The predicted octanol–water partition coefficient (Wildman–Crippen LogP) is 1.49. The number of aromatic nitrogens is 2. The Morgan fingerprint density at radius 3 is 2.54 bits per heavy atom. The molecule has 0 unspecified atom stereocenters. The lowest BCUT2D eigenvalue weighted by Crippen LogP contribution is -1.74. The van der Waals surface area contributed by atoms with Crippen molar-refractivity contribution in [3.63, 3.8) is 0 Å². The van der Waals surface area contributed by atoms with E-state index in [2.05, 4.69) is 10.2 Å². The molecule has 3 N–H and O–H groups in total. The van der Waals surface area contributed by atoms with Gasteiger partial charge in [-0.05, 0) is 17.7 Å². The van der Waals surface area contributed by atoms with E-state index in [-0.39, 0.29) is 11.5 Å². The van der Waals surface area contributed by atoms with Gasteiger partial charge in [-0.1, -0.05) is 6.07 Å². The Labute approximate surface area is 74.5 Å². The van der Waals surface area contributed by atoms with Crippen LogP contribution >= 0.6 is 0 Å². The normalized spacial score (nSPS) is 10.2. The molecule has 4 nitrogen and oxygen atoms in total. The van der Waals surface area contributed by atoms with Gasteiger partial charge in [0.25, 0.3) is 0 Å². The molecular formula is C9H8N2O2. The number of phenolic OH excluding ortho intramolecular Hbond substituents is 2. The van der Waals surface area contributed by atoms with Gasteiger partial charge in [0.2, 0.25) is 0 Å². The van der Waals surface area contributed by atoms with Crippen molar-refractivity contribution < 1.29 is 10.2 Å². The van der Waals surface area contributed by atoms with Crippen molar-refractivity contribution in [2.75, 3.05) is 0 Å². The van der Waals surface area contributed by atoms with Gasteiger partial charge in [0, 0.05) is 11.8 Å². The standard InChI is InChI=1S/C9H8N2O2/c12-8-2-1-6(3-9(8)13)7-4-10-11-5-7/h1-5,12-13H,(H,10,11). The lowest BCUT2D eigenvalue weighted by molar-refractivity contribution is 0.404. The van der Waals surface area contributed by atoms with E-state index < -0.39 is 0 Å². The Morgan fingerprint density at radius 2 is 1.92 bits per heavy atom. The molecule has 0 radical (unpaired) electrons. The maximum absolute atomic E-state index is 9.22. The quantitative estimate of drug-likeness (QED) is 0.576. The zero-order chi connectivity index (χ0) is 9.26. The zero-order valence-corrected chi connectivity index (χ0v) is 6.73. The monoisotopic (exact) mass is 176 g/mol. The van der Waals surface area contributed by atoms with Crippen LogP contribution in [0.1, 0.15) is 0 Å². The number of phenols is 2. The third-order valence-electron chi connectivity index (χ3n) is 1.81. The van der Waals surface area contributed by atoms with E-state index in [0.29, 0.717) is 0 Å². The SMILES string of the molecule is Oc1ccc(-c2cn[nH]c2)cc1O. The first kappa shape index (κ1) is 7.67. The van der Waals surface area contributed by atoms with Crippen molar-refractivity contribution in [1.29, 1.82) is 0 Å². The molecule has 13 heavy (non-hydrogen) atoms. The molecule has 0 aliphatic heterocycles. The molecule has 0 amide bonds. The van der Waals surface area contributed by atoms with E-state index in [0.717, 1.165) is 11.1 Å². The highest BCUT2D eigenvalue weighted by Crippen LogP contribution is 2.29. The molecule has 2 rings (SSSR count). The summed E-state index contributed by atoms with van der Waals surface area (Å²) in [5.41, 5.74) is 1.68. The second-order valence-corrected chi connectivity index (χ2v) is 2.69. The Morgan fingerprint density at radius 1 is 1.08 bits per heavy atom. The van der Waals surface area contributed by atoms with Gasteiger partial charge in [0.15, 0.2) is 11.5 Å². The molecule has 0 saturated carbocycles. The third kappa shape index (κ3) is 1.33. The van der Waals surface area contributed by atoms with Crippen LogP contribution in [0.5, 0.6) is 11.5 Å². The lowest BCUT2D eigenvalue weighted by atomic mass is 10.1. The van der Waals surface area contributed by atoms with Crippen LogP contribution in [0, 0.1) is 0 Å². The molecule has 1 aromatic heterocycles. The van der Waals surface area contributed by atoms with Gasteiger partial charge in [-0.2, -0.15) is 5.10 Å². The van der Waals surface area contributed by atoms with Gasteiger partial charge in [0.1, 0.15) is 0 Å². The maximum atomic E-state index is 9.22. The van der Waals surface area contributed by atoms with Gasteiger partial charge < -0.3 is 10.2 Å². The molecule has 0 aliphatic rings. The van der Waals surface area contributed by atoms with Crippen LogP contribution in [0.15, 0.2) is 30.6 Å². The van der Waals surface area contributed by atoms with Crippen LogP contribution in [-0.2, 0) is 0 Å². The van der Waals surface area contributed by atoms with Crippen LogP contribution in [0.3, 0.4) is 0 Å². The highest BCUT2D eigenvalue weighted by atomic mass is 16.3. The summed E-state index contributed by atoms with van der Waals surface area (Å²) in [6.45, 7) is 0. The number of aromatic amines is 1. The van der Waals surface area contributed by atoms with Gasteiger partial charge >= 0.3 is 0 Å². The van der Waals surface area contributed by atoms with Gasteiger partial charge in [-0.3, -0.25) is 5.10 Å². The van der Waals surface area contributed by atoms with Crippen molar-refractivity contribution in [3.05, 3.63) is 30.6 Å². The highest BCUT2D eigenvalue weighted by Gasteiger charge is 2.02. The van der Waals surface area contributed by atoms with Crippen LogP contribution in [0.25, 0.3) is 11.1 Å². The number of hydrogen-bond donors (Lipinski definition) is 3. The summed E-state index contributed by atoms with van der Waals surface area (Å²) in [5.74, 6) is -0.244. The van der Waals surface area contributed by atoms with Crippen molar-refractivity contribution in [2.45, 2.75) is 0 Å². The number of H-pyrrole nitrogens is 1. The summed E-state index contributed by atoms with van der Waals surface area (Å²) in [4.78, 5) is 0. The minimum Gasteiger partial charge on any atom is -0.504 e.